The fraction of sp³-hybridized carbons (Fsp3) is 0.0769. The summed E-state index contributed by atoms with van der Waals surface area (Å²) in [5.41, 5.74) is 6.47. The van der Waals surface area contributed by atoms with Gasteiger partial charge in [-0.25, -0.2) is 4.39 Å². The molecule has 0 fully saturated rings. The van der Waals surface area contributed by atoms with Gasteiger partial charge in [-0.1, -0.05) is 33.6 Å². The summed E-state index contributed by atoms with van der Waals surface area (Å²) in [5, 5.41) is 0.220. The highest BCUT2D eigenvalue weighted by atomic mass is 79.9. The zero-order chi connectivity index (χ0) is 13.1. The molecule has 0 aromatic heterocycles. The molecule has 5 heteroatoms. The quantitative estimate of drug-likeness (QED) is 0.899. The molecule has 0 saturated heterocycles. The molecule has 0 aliphatic carbocycles. The average Bonchev–Trinajstić information content (AvgIpc) is 2.33. The van der Waals surface area contributed by atoms with Crippen molar-refractivity contribution < 1.29 is 9.13 Å². The molecule has 0 aliphatic heterocycles. The van der Waals surface area contributed by atoms with Crippen molar-refractivity contribution in [3.63, 3.8) is 0 Å². The van der Waals surface area contributed by atoms with Gasteiger partial charge in [0.05, 0.1) is 5.02 Å². The van der Waals surface area contributed by atoms with Crippen LogP contribution in [0.1, 0.15) is 5.56 Å². The largest absolute Gasteiger partial charge is 0.455 e. The SMILES string of the molecule is NCc1ccc(Br)cc1Oc1ccc(F)cc1Cl. The molecule has 0 saturated carbocycles. The van der Waals surface area contributed by atoms with Gasteiger partial charge in [0.1, 0.15) is 17.3 Å². The Morgan fingerprint density at radius 1 is 1.17 bits per heavy atom. The Balaban J connectivity index is 2.36. The third kappa shape index (κ3) is 3.02. The van der Waals surface area contributed by atoms with Crippen LogP contribution in [0.5, 0.6) is 11.5 Å². The maximum absolute atomic E-state index is 12.9. The molecule has 0 bridgehead atoms. The number of hydrogen-bond acceptors (Lipinski definition) is 2. The summed E-state index contributed by atoms with van der Waals surface area (Å²) in [4.78, 5) is 0. The van der Waals surface area contributed by atoms with E-state index in [2.05, 4.69) is 15.9 Å². The summed E-state index contributed by atoms with van der Waals surface area (Å²) in [7, 11) is 0. The molecular weight excluding hydrogens is 321 g/mol. The highest BCUT2D eigenvalue weighted by Gasteiger charge is 2.08. The van der Waals surface area contributed by atoms with Crippen molar-refractivity contribution in [1.29, 1.82) is 0 Å². The Kier molecular flexibility index (Phi) is 4.22. The van der Waals surface area contributed by atoms with Gasteiger partial charge in [-0.15, -0.1) is 0 Å². The van der Waals surface area contributed by atoms with Gasteiger partial charge in [-0.05, 0) is 30.3 Å². The molecule has 18 heavy (non-hydrogen) atoms. The number of ether oxygens (including phenoxy) is 1. The minimum absolute atomic E-state index is 0.220. The van der Waals surface area contributed by atoms with Gasteiger partial charge >= 0.3 is 0 Å². The highest BCUT2D eigenvalue weighted by molar-refractivity contribution is 9.10. The van der Waals surface area contributed by atoms with Crippen LogP contribution in [-0.2, 0) is 6.54 Å². The van der Waals surface area contributed by atoms with E-state index in [0.717, 1.165) is 10.0 Å². The molecule has 0 spiro atoms. The molecule has 2 rings (SSSR count). The first kappa shape index (κ1) is 13.3. The molecule has 2 aromatic carbocycles. The summed E-state index contributed by atoms with van der Waals surface area (Å²) >= 11 is 9.26. The van der Waals surface area contributed by atoms with E-state index >= 15 is 0 Å². The van der Waals surface area contributed by atoms with Gasteiger partial charge in [-0.2, -0.15) is 0 Å². The molecule has 0 heterocycles. The van der Waals surface area contributed by atoms with Gasteiger partial charge in [-0.3, -0.25) is 0 Å². The van der Waals surface area contributed by atoms with Gasteiger partial charge in [0.2, 0.25) is 0 Å². The molecular formula is C13H10BrClFNO. The highest BCUT2D eigenvalue weighted by Crippen LogP contribution is 2.33. The van der Waals surface area contributed by atoms with E-state index in [0.29, 0.717) is 18.0 Å². The van der Waals surface area contributed by atoms with E-state index in [1.807, 2.05) is 12.1 Å². The van der Waals surface area contributed by atoms with E-state index in [-0.39, 0.29) is 5.02 Å². The summed E-state index contributed by atoms with van der Waals surface area (Å²) in [6, 6.07) is 9.51. The normalized spacial score (nSPS) is 10.4. The fourth-order valence-corrected chi connectivity index (χ4v) is 2.01. The summed E-state index contributed by atoms with van der Waals surface area (Å²) in [6.07, 6.45) is 0. The summed E-state index contributed by atoms with van der Waals surface area (Å²) in [6.45, 7) is 0.349. The van der Waals surface area contributed by atoms with Crippen LogP contribution in [0.4, 0.5) is 4.39 Å². The Morgan fingerprint density at radius 2 is 1.94 bits per heavy atom. The third-order valence-electron chi connectivity index (χ3n) is 2.36. The monoisotopic (exact) mass is 329 g/mol. The predicted molar refractivity (Wildman–Crippen MR) is 73.5 cm³/mol. The molecule has 2 nitrogen and oxygen atoms in total. The second kappa shape index (κ2) is 5.69. The fourth-order valence-electron chi connectivity index (χ4n) is 1.47. The zero-order valence-corrected chi connectivity index (χ0v) is 11.6. The molecule has 0 atom stereocenters. The molecule has 2 aromatic rings. The molecule has 0 radical (unpaired) electrons. The second-order valence-corrected chi connectivity index (χ2v) is 4.96. The lowest BCUT2D eigenvalue weighted by Crippen LogP contribution is -1.99. The summed E-state index contributed by atoms with van der Waals surface area (Å²) < 4.78 is 19.5. The van der Waals surface area contributed by atoms with Crippen LogP contribution in [0.25, 0.3) is 0 Å². The van der Waals surface area contributed by atoms with Crippen molar-refractivity contribution in [1.82, 2.24) is 0 Å². The molecule has 0 aliphatic rings. The van der Waals surface area contributed by atoms with Crippen molar-refractivity contribution in [2.24, 2.45) is 5.73 Å². The molecule has 2 N–H and O–H groups in total. The smallest absolute Gasteiger partial charge is 0.146 e. The maximum atomic E-state index is 12.9. The first-order chi connectivity index (χ1) is 8.60. The number of rotatable bonds is 3. The van der Waals surface area contributed by atoms with Crippen LogP contribution >= 0.6 is 27.5 Å². The number of benzene rings is 2. The standard InChI is InChI=1S/C13H10BrClFNO/c14-9-2-1-8(7-17)13(5-9)18-12-4-3-10(16)6-11(12)15/h1-6H,7,17H2. The lowest BCUT2D eigenvalue weighted by Gasteiger charge is -2.11. The topological polar surface area (TPSA) is 35.2 Å². The van der Waals surface area contributed by atoms with Crippen LogP contribution < -0.4 is 10.5 Å². The molecule has 0 unspecified atom stereocenters. The minimum atomic E-state index is -0.402. The van der Waals surface area contributed by atoms with Crippen LogP contribution in [0, 0.1) is 5.82 Å². The number of nitrogens with two attached hydrogens (primary N) is 1. The van der Waals surface area contributed by atoms with Crippen molar-refractivity contribution in [3.05, 3.63) is 57.3 Å². The number of halogens is 3. The first-order valence-corrected chi connectivity index (χ1v) is 6.38. The van der Waals surface area contributed by atoms with Crippen LogP contribution in [0.3, 0.4) is 0 Å². The first-order valence-electron chi connectivity index (χ1n) is 5.21. The Morgan fingerprint density at radius 3 is 2.61 bits per heavy atom. The molecule has 94 valence electrons. The van der Waals surface area contributed by atoms with E-state index < -0.39 is 5.82 Å². The van der Waals surface area contributed by atoms with Gasteiger partial charge in [0.25, 0.3) is 0 Å². The third-order valence-corrected chi connectivity index (χ3v) is 3.15. The second-order valence-electron chi connectivity index (χ2n) is 3.63. The van der Waals surface area contributed by atoms with E-state index in [1.54, 1.807) is 6.07 Å². The minimum Gasteiger partial charge on any atom is -0.455 e. The van der Waals surface area contributed by atoms with Gasteiger partial charge in [0, 0.05) is 16.6 Å². The van der Waals surface area contributed by atoms with Crippen molar-refractivity contribution >= 4 is 27.5 Å². The van der Waals surface area contributed by atoms with Crippen LogP contribution in [0.15, 0.2) is 40.9 Å². The van der Waals surface area contributed by atoms with Crippen LogP contribution in [-0.4, -0.2) is 0 Å². The average molecular weight is 331 g/mol. The van der Waals surface area contributed by atoms with E-state index in [1.165, 1.54) is 18.2 Å². The Bertz CT molecular complexity index is 577. The van der Waals surface area contributed by atoms with Gasteiger partial charge < -0.3 is 10.5 Å². The summed E-state index contributed by atoms with van der Waals surface area (Å²) in [5.74, 6) is 0.590. The van der Waals surface area contributed by atoms with Crippen molar-refractivity contribution in [2.45, 2.75) is 6.54 Å². The lowest BCUT2D eigenvalue weighted by molar-refractivity contribution is 0.474. The van der Waals surface area contributed by atoms with E-state index in [9.17, 15) is 4.39 Å². The van der Waals surface area contributed by atoms with E-state index in [4.69, 9.17) is 22.1 Å². The predicted octanol–water partition coefficient (Wildman–Crippen LogP) is 4.49. The van der Waals surface area contributed by atoms with Crippen LogP contribution in [0.2, 0.25) is 5.02 Å². The van der Waals surface area contributed by atoms with Gasteiger partial charge in [0.15, 0.2) is 0 Å². The Labute approximate surface area is 118 Å². The number of hydrogen-bond donors (Lipinski definition) is 1. The van der Waals surface area contributed by atoms with Crippen molar-refractivity contribution in [2.75, 3.05) is 0 Å². The maximum Gasteiger partial charge on any atom is 0.146 e. The lowest BCUT2D eigenvalue weighted by atomic mass is 10.2. The molecule has 0 amide bonds. The Hall–Kier alpha value is -1.10. The van der Waals surface area contributed by atoms with Crippen molar-refractivity contribution in [3.8, 4) is 11.5 Å². The zero-order valence-electron chi connectivity index (χ0n) is 9.29.